The fourth-order valence-electron chi connectivity index (χ4n) is 3.45. The number of halogens is 4. The van der Waals surface area contributed by atoms with E-state index in [1.165, 1.54) is 6.66 Å². The Hall–Kier alpha value is -2.21. The minimum absolute atomic E-state index is 0.236. The molecule has 0 N–H and O–H groups in total. The minimum atomic E-state index is -4.69. The summed E-state index contributed by atoms with van der Waals surface area (Å²) in [5.41, 5.74) is 1.09. The SMILES string of the molecule is CC(C)(C)c1cc2c(c(C(C)(C)C)c1)OP1(C)(O2)Oc2c(F)c(F)c(F)c(F)c2O1. The number of fused-ring (bicyclic) bond motifs is 2. The van der Waals surface area contributed by atoms with Crippen molar-refractivity contribution < 1.29 is 35.7 Å². The average molecular weight is 446 g/mol. The third-order valence-corrected chi connectivity index (χ3v) is 7.47. The van der Waals surface area contributed by atoms with Gasteiger partial charge in [-0.2, -0.15) is 0 Å². The molecule has 2 aromatic rings. The van der Waals surface area contributed by atoms with Gasteiger partial charge in [-0.15, -0.1) is 0 Å². The third kappa shape index (κ3) is 2.91. The summed E-state index contributed by atoms with van der Waals surface area (Å²) in [5, 5.41) is 0. The summed E-state index contributed by atoms with van der Waals surface area (Å²) < 4.78 is 79.0. The quantitative estimate of drug-likeness (QED) is 0.190. The van der Waals surface area contributed by atoms with Crippen LogP contribution in [-0.2, 0) is 10.8 Å². The molecule has 0 fully saturated rings. The van der Waals surface area contributed by atoms with E-state index in [-0.39, 0.29) is 16.6 Å². The van der Waals surface area contributed by atoms with Gasteiger partial charge in [-0.1, -0.05) is 0 Å². The molecule has 2 aliphatic heterocycles. The van der Waals surface area contributed by atoms with Crippen molar-refractivity contribution in [1.29, 1.82) is 0 Å². The second kappa shape index (κ2) is 5.72. The van der Waals surface area contributed by atoms with Crippen molar-refractivity contribution >= 4 is 7.51 Å². The van der Waals surface area contributed by atoms with Gasteiger partial charge in [0.05, 0.1) is 0 Å². The van der Waals surface area contributed by atoms with Crippen LogP contribution < -0.4 is 18.1 Å². The summed E-state index contributed by atoms with van der Waals surface area (Å²) in [6.07, 6.45) is 0. The van der Waals surface area contributed by atoms with Crippen LogP contribution in [0.5, 0.6) is 23.0 Å². The van der Waals surface area contributed by atoms with E-state index in [1.807, 2.05) is 47.6 Å². The van der Waals surface area contributed by atoms with Crippen molar-refractivity contribution in [3.63, 3.8) is 0 Å². The van der Waals surface area contributed by atoms with E-state index in [2.05, 4.69) is 0 Å². The summed E-state index contributed by atoms with van der Waals surface area (Å²) in [6.45, 7) is 13.3. The first-order chi connectivity index (χ1) is 13.5. The second-order valence-electron chi connectivity index (χ2n) is 9.81. The van der Waals surface area contributed by atoms with E-state index in [0.717, 1.165) is 11.1 Å². The van der Waals surface area contributed by atoms with E-state index in [1.54, 1.807) is 6.07 Å². The van der Waals surface area contributed by atoms with Gasteiger partial charge in [0.2, 0.25) is 0 Å². The van der Waals surface area contributed by atoms with Gasteiger partial charge >= 0.3 is 172 Å². The number of rotatable bonds is 0. The Morgan fingerprint density at radius 2 is 1.10 bits per heavy atom. The van der Waals surface area contributed by atoms with Crippen LogP contribution in [-0.4, -0.2) is 6.66 Å². The van der Waals surface area contributed by atoms with E-state index in [0.29, 0.717) is 5.75 Å². The Balaban J connectivity index is 1.88. The van der Waals surface area contributed by atoms with Gasteiger partial charge in [-0.25, -0.2) is 0 Å². The van der Waals surface area contributed by atoms with Crippen molar-refractivity contribution in [3.05, 3.63) is 46.5 Å². The molecule has 0 saturated heterocycles. The van der Waals surface area contributed by atoms with Gasteiger partial charge < -0.3 is 0 Å². The van der Waals surface area contributed by atoms with Gasteiger partial charge in [0.1, 0.15) is 0 Å². The van der Waals surface area contributed by atoms with Crippen molar-refractivity contribution in [2.45, 2.75) is 52.4 Å². The zero-order valence-corrected chi connectivity index (χ0v) is 18.6. The average Bonchev–Trinajstić information content (AvgIpc) is 3.09. The molecule has 4 nitrogen and oxygen atoms in total. The first-order valence-corrected chi connectivity index (χ1v) is 11.8. The van der Waals surface area contributed by atoms with E-state index in [4.69, 9.17) is 18.1 Å². The molecule has 0 saturated carbocycles. The van der Waals surface area contributed by atoms with Gasteiger partial charge in [-0.3, -0.25) is 0 Å². The topological polar surface area (TPSA) is 36.9 Å². The monoisotopic (exact) mass is 446 g/mol. The summed E-state index contributed by atoms with van der Waals surface area (Å²) in [7, 11) is -4.69. The first kappa shape index (κ1) is 21.0. The molecule has 0 amide bonds. The fraction of sp³-hybridized carbons (Fsp3) is 0.429. The summed E-state index contributed by atoms with van der Waals surface area (Å²) in [6, 6.07) is 3.72. The molecule has 0 aliphatic carbocycles. The van der Waals surface area contributed by atoms with Gasteiger partial charge in [0.15, 0.2) is 0 Å². The zero-order valence-electron chi connectivity index (χ0n) is 17.7. The molecule has 9 heteroatoms. The summed E-state index contributed by atoms with van der Waals surface area (Å²) in [4.78, 5) is 0. The maximum atomic E-state index is 14.3. The third-order valence-electron chi connectivity index (χ3n) is 5.10. The Morgan fingerprint density at radius 3 is 1.53 bits per heavy atom. The van der Waals surface area contributed by atoms with Crippen LogP contribution in [0, 0.1) is 23.3 Å². The molecule has 30 heavy (non-hydrogen) atoms. The number of hydrogen-bond donors (Lipinski definition) is 0. The Labute approximate surface area is 172 Å². The van der Waals surface area contributed by atoms with Gasteiger partial charge in [0.25, 0.3) is 0 Å². The Bertz CT molecular complexity index is 1070. The molecule has 2 heterocycles. The van der Waals surface area contributed by atoms with E-state index in [9.17, 15) is 17.6 Å². The molecule has 2 aliphatic rings. The van der Waals surface area contributed by atoms with Crippen molar-refractivity contribution in [2.75, 3.05) is 6.66 Å². The molecule has 0 radical (unpaired) electrons. The zero-order chi connectivity index (χ0) is 22.5. The predicted molar refractivity (Wildman–Crippen MR) is 105 cm³/mol. The molecule has 0 aromatic heterocycles. The second-order valence-corrected chi connectivity index (χ2v) is 12.9. The molecule has 0 unspecified atom stereocenters. The number of hydrogen-bond acceptors (Lipinski definition) is 4. The van der Waals surface area contributed by atoms with E-state index >= 15 is 0 Å². The predicted octanol–water partition coefficient (Wildman–Crippen LogP) is 6.92. The normalized spacial score (nSPS) is 19.6. The first-order valence-electron chi connectivity index (χ1n) is 9.40. The van der Waals surface area contributed by atoms with Gasteiger partial charge in [0, 0.05) is 0 Å². The van der Waals surface area contributed by atoms with Crippen LogP contribution in [0.15, 0.2) is 12.1 Å². The molecule has 4 rings (SSSR count). The molecule has 164 valence electrons. The summed E-state index contributed by atoms with van der Waals surface area (Å²) >= 11 is 0. The van der Waals surface area contributed by atoms with Crippen LogP contribution in [0.3, 0.4) is 0 Å². The molecule has 0 atom stereocenters. The summed E-state index contributed by atoms with van der Waals surface area (Å²) in [5.74, 6) is -8.63. The fourth-order valence-corrected chi connectivity index (χ4v) is 5.98. The number of benzene rings is 2. The molecular formula is C21H23F4O4P. The van der Waals surface area contributed by atoms with Crippen molar-refractivity contribution in [3.8, 4) is 23.0 Å². The van der Waals surface area contributed by atoms with Crippen molar-refractivity contribution in [2.24, 2.45) is 0 Å². The molecule has 1 spiro atoms. The van der Waals surface area contributed by atoms with Crippen LogP contribution in [0.1, 0.15) is 52.7 Å². The van der Waals surface area contributed by atoms with Crippen LogP contribution in [0.2, 0.25) is 0 Å². The van der Waals surface area contributed by atoms with Crippen LogP contribution in [0.4, 0.5) is 17.6 Å². The molecule has 0 bridgehead atoms. The molecular weight excluding hydrogens is 423 g/mol. The Morgan fingerprint density at radius 1 is 0.633 bits per heavy atom. The van der Waals surface area contributed by atoms with E-state index < -0.39 is 42.3 Å². The standard InChI is InChI=1S/C21H23F4O4P/c1-20(2,3)10-8-11(21(4,5)6)17-12(9-10)26-30(7,27-17)28-18-15(24)13(22)14(23)16(25)19(18)29-30/h8-9H,1-7H3. The van der Waals surface area contributed by atoms with Crippen LogP contribution >= 0.6 is 7.51 Å². The maximum absolute atomic E-state index is 14.3. The van der Waals surface area contributed by atoms with Crippen LogP contribution in [0.25, 0.3) is 0 Å². The Kier molecular flexibility index (Phi) is 4.01. The van der Waals surface area contributed by atoms with Crippen molar-refractivity contribution in [1.82, 2.24) is 0 Å². The van der Waals surface area contributed by atoms with Gasteiger partial charge in [-0.05, 0) is 0 Å². The molecule has 2 aromatic carbocycles.